The molecule has 1 saturated heterocycles. The molecular weight excluding hydrogens is 229 g/mol. The van der Waals surface area contributed by atoms with Crippen molar-refractivity contribution in [3.8, 4) is 6.07 Å². The van der Waals surface area contributed by atoms with Crippen LogP contribution in [0.4, 0.5) is 4.39 Å². The van der Waals surface area contributed by atoms with Gasteiger partial charge in [-0.05, 0) is 45.1 Å². The molecule has 18 heavy (non-hydrogen) atoms. The highest BCUT2D eigenvalue weighted by Crippen LogP contribution is 2.12. The van der Waals surface area contributed by atoms with E-state index in [4.69, 9.17) is 5.26 Å². The zero-order valence-electron chi connectivity index (χ0n) is 10.6. The molecule has 0 atom stereocenters. The van der Waals surface area contributed by atoms with Gasteiger partial charge in [-0.1, -0.05) is 6.07 Å². The molecule has 1 aliphatic rings. The predicted molar refractivity (Wildman–Crippen MR) is 68.5 cm³/mol. The molecule has 1 heterocycles. The van der Waals surface area contributed by atoms with Crippen molar-refractivity contribution in [1.29, 1.82) is 5.26 Å². The second kappa shape index (κ2) is 5.94. The van der Waals surface area contributed by atoms with Crippen molar-refractivity contribution >= 4 is 0 Å². The van der Waals surface area contributed by atoms with Crippen LogP contribution in [0.3, 0.4) is 0 Å². The summed E-state index contributed by atoms with van der Waals surface area (Å²) in [7, 11) is 2.12. The first-order chi connectivity index (χ1) is 8.69. The first kappa shape index (κ1) is 13.0. The van der Waals surface area contributed by atoms with Gasteiger partial charge < -0.3 is 10.2 Å². The lowest BCUT2D eigenvalue weighted by molar-refractivity contribution is 0.233. The number of hydrogen-bond donors (Lipinski definition) is 1. The van der Waals surface area contributed by atoms with E-state index in [0.29, 0.717) is 23.7 Å². The van der Waals surface area contributed by atoms with Crippen LogP contribution in [0, 0.1) is 17.1 Å². The Labute approximate surface area is 107 Å². The predicted octanol–water partition coefficient (Wildman–Crippen LogP) is 1.88. The van der Waals surface area contributed by atoms with E-state index in [1.807, 2.05) is 6.07 Å². The molecule has 0 spiro atoms. The van der Waals surface area contributed by atoms with Gasteiger partial charge in [0.25, 0.3) is 0 Å². The molecule has 1 N–H and O–H groups in total. The number of hydrogen-bond acceptors (Lipinski definition) is 3. The largest absolute Gasteiger partial charge is 0.310 e. The van der Waals surface area contributed by atoms with Crippen LogP contribution in [0.2, 0.25) is 0 Å². The number of halogens is 1. The highest BCUT2D eigenvalue weighted by molar-refractivity contribution is 5.32. The molecule has 1 aliphatic heterocycles. The molecule has 0 amide bonds. The number of nitriles is 1. The molecule has 2 rings (SSSR count). The van der Waals surface area contributed by atoms with Gasteiger partial charge in [0.1, 0.15) is 5.82 Å². The molecule has 0 unspecified atom stereocenters. The van der Waals surface area contributed by atoms with E-state index in [2.05, 4.69) is 17.3 Å². The highest BCUT2D eigenvalue weighted by Gasteiger charge is 2.16. The molecule has 1 aromatic rings. The summed E-state index contributed by atoms with van der Waals surface area (Å²) in [4.78, 5) is 2.31. The Morgan fingerprint density at radius 1 is 1.44 bits per heavy atom. The van der Waals surface area contributed by atoms with Crippen molar-refractivity contribution in [2.75, 3.05) is 20.1 Å². The Balaban J connectivity index is 1.89. The van der Waals surface area contributed by atoms with Crippen molar-refractivity contribution < 1.29 is 4.39 Å². The minimum atomic E-state index is -0.297. The van der Waals surface area contributed by atoms with Gasteiger partial charge >= 0.3 is 0 Å². The second-order valence-corrected chi connectivity index (χ2v) is 4.88. The van der Waals surface area contributed by atoms with Crippen molar-refractivity contribution in [3.63, 3.8) is 0 Å². The number of nitrogens with one attached hydrogen (secondary N) is 1. The zero-order chi connectivity index (χ0) is 13.0. The normalized spacial score (nSPS) is 17.6. The number of benzene rings is 1. The molecule has 0 radical (unpaired) electrons. The lowest BCUT2D eigenvalue weighted by atomic mass is 10.0. The average Bonchev–Trinajstić information content (AvgIpc) is 2.39. The highest BCUT2D eigenvalue weighted by atomic mass is 19.1. The van der Waals surface area contributed by atoms with Gasteiger partial charge in [-0.15, -0.1) is 0 Å². The van der Waals surface area contributed by atoms with E-state index in [1.54, 1.807) is 12.1 Å². The van der Waals surface area contributed by atoms with E-state index in [0.717, 1.165) is 25.9 Å². The molecule has 0 saturated carbocycles. The number of nitrogens with zero attached hydrogens (tertiary/aromatic N) is 2. The molecule has 1 fully saturated rings. The average molecular weight is 247 g/mol. The summed E-state index contributed by atoms with van der Waals surface area (Å²) < 4.78 is 13.7. The first-order valence-electron chi connectivity index (χ1n) is 6.29. The van der Waals surface area contributed by atoms with Gasteiger partial charge in [0.05, 0.1) is 11.6 Å². The summed E-state index contributed by atoms with van der Waals surface area (Å²) in [5, 5.41) is 12.1. The van der Waals surface area contributed by atoms with E-state index in [1.165, 1.54) is 6.07 Å². The standard InChI is InChI=1S/C14H18FN3/c1-18-6-4-13(5-7-18)17-10-12-3-2-11(9-16)8-14(12)15/h2-3,8,13,17H,4-7,10H2,1H3. The molecule has 4 heteroatoms. The molecule has 0 aliphatic carbocycles. The summed E-state index contributed by atoms with van der Waals surface area (Å²) in [6, 6.07) is 7.06. The quantitative estimate of drug-likeness (QED) is 0.886. The third-order valence-corrected chi connectivity index (χ3v) is 3.48. The maximum atomic E-state index is 13.7. The summed E-state index contributed by atoms with van der Waals surface area (Å²) in [6.07, 6.45) is 2.21. The van der Waals surface area contributed by atoms with E-state index < -0.39 is 0 Å². The second-order valence-electron chi connectivity index (χ2n) is 4.88. The Kier molecular flexibility index (Phi) is 4.29. The first-order valence-corrected chi connectivity index (χ1v) is 6.29. The van der Waals surface area contributed by atoms with Crippen LogP contribution in [-0.2, 0) is 6.54 Å². The third kappa shape index (κ3) is 3.28. The van der Waals surface area contributed by atoms with E-state index in [-0.39, 0.29) is 5.82 Å². The fraction of sp³-hybridized carbons (Fsp3) is 0.500. The van der Waals surface area contributed by atoms with Crippen molar-refractivity contribution in [1.82, 2.24) is 10.2 Å². The summed E-state index contributed by atoms with van der Waals surface area (Å²) >= 11 is 0. The van der Waals surface area contributed by atoms with Gasteiger partial charge in [0.15, 0.2) is 0 Å². The summed E-state index contributed by atoms with van der Waals surface area (Å²) in [5.74, 6) is -0.297. The van der Waals surface area contributed by atoms with Gasteiger partial charge in [-0.3, -0.25) is 0 Å². The lowest BCUT2D eigenvalue weighted by Crippen LogP contribution is -2.40. The number of rotatable bonds is 3. The van der Waals surface area contributed by atoms with E-state index >= 15 is 0 Å². The van der Waals surface area contributed by atoms with Gasteiger partial charge in [-0.25, -0.2) is 4.39 Å². The third-order valence-electron chi connectivity index (χ3n) is 3.48. The summed E-state index contributed by atoms with van der Waals surface area (Å²) in [6.45, 7) is 2.72. The topological polar surface area (TPSA) is 39.1 Å². The SMILES string of the molecule is CN1CCC(NCc2ccc(C#N)cc2F)CC1. The van der Waals surface area contributed by atoms with Gasteiger partial charge in [-0.2, -0.15) is 5.26 Å². The lowest BCUT2D eigenvalue weighted by Gasteiger charge is -2.29. The van der Waals surface area contributed by atoms with Crippen LogP contribution in [0.15, 0.2) is 18.2 Å². The van der Waals surface area contributed by atoms with Crippen LogP contribution < -0.4 is 5.32 Å². The molecule has 1 aromatic carbocycles. The molecular formula is C14H18FN3. The van der Waals surface area contributed by atoms with Crippen LogP contribution in [0.25, 0.3) is 0 Å². The molecule has 96 valence electrons. The Hall–Kier alpha value is -1.44. The van der Waals surface area contributed by atoms with Crippen molar-refractivity contribution in [2.24, 2.45) is 0 Å². The number of piperidine rings is 1. The van der Waals surface area contributed by atoms with E-state index in [9.17, 15) is 4.39 Å². The van der Waals surface area contributed by atoms with Crippen molar-refractivity contribution in [2.45, 2.75) is 25.4 Å². The van der Waals surface area contributed by atoms with Crippen LogP contribution in [-0.4, -0.2) is 31.1 Å². The number of likely N-dealkylation sites (tertiary alicyclic amines) is 1. The Morgan fingerprint density at radius 3 is 2.78 bits per heavy atom. The summed E-state index contributed by atoms with van der Waals surface area (Å²) in [5.41, 5.74) is 1.00. The maximum Gasteiger partial charge on any atom is 0.129 e. The fourth-order valence-electron chi connectivity index (χ4n) is 2.23. The monoisotopic (exact) mass is 247 g/mol. The van der Waals surface area contributed by atoms with Crippen LogP contribution in [0.5, 0.6) is 0 Å². The van der Waals surface area contributed by atoms with Crippen molar-refractivity contribution in [3.05, 3.63) is 35.1 Å². The zero-order valence-corrected chi connectivity index (χ0v) is 10.6. The fourth-order valence-corrected chi connectivity index (χ4v) is 2.23. The Morgan fingerprint density at radius 2 is 2.17 bits per heavy atom. The Bertz CT molecular complexity index is 445. The molecule has 0 aromatic heterocycles. The molecule has 3 nitrogen and oxygen atoms in total. The minimum absolute atomic E-state index is 0.297. The van der Waals surface area contributed by atoms with Gasteiger partial charge in [0, 0.05) is 18.2 Å². The maximum absolute atomic E-state index is 13.7. The van der Waals surface area contributed by atoms with Crippen LogP contribution >= 0.6 is 0 Å². The van der Waals surface area contributed by atoms with Crippen LogP contribution in [0.1, 0.15) is 24.0 Å². The smallest absolute Gasteiger partial charge is 0.129 e. The molecule has 0 bridgehead atoms. The minimum Gasteiger partial charge on any atom is -0.310 e. The van der Waals surface area contributed by atoms with Gasteiger partial charge in [0.2, 0.25) is 0 Å².